The highest BCUT2D eigenvalue weighted by Gasteiger charge is 2.23. The van der Waals surface area contributed by atoms with E-state index in [1.165, 1.54) is 6.07 Å². The lowest BCUT2D eigenvalue weighted by molar-refractivity contribution is -0.138. The van der Waals surface area contributed by atoms with Gasteiger partial charge in [0.15, 0.2) is 11.5 Å². The third kappa shape index (κ3) is 3.13. The number of phenolic OH excluding ortho intramolecular Hbond substituents is 2. The van der Waals surface area contributed by atoms with Crippen molar-refractivity contribution in [2.24, 2.45) is 11.7 Å². The number of aliphatic carboxylic acids is 1. The molecule has 0 radical (unpaired) electrons. The van der Waals surface area contributed by atoms with Crippen molar-refractivity contribution in [2.45, 2.75) is 32.2 Å². The van der Waals surface area contributed by atoms with Crippen molar-refractivity contribution in [1.82, 2.24) is 0 Å². The van der Waals surface area contributed by atoms with Gasteiger partial charge in [-0.3, -0.25) is 4.79 Å². The number of aromatic hydroxyl groups is 2. The quantitative estimate of drug-likeness (QED) is 0.597. The zero-order chi connectivity index (χ0) is 13.9. The fourth-order valence-electron chi connectivity index (χ4n) is 1.93. The monoisotopic (exact) mass is 253 g/mol. The largest absolute Gasteiger partial charge is 0.504 e. The van der Waals surface area contributed by atoms with Crippen molar-refractivity contribution >= 4 is 5.97 Å². The molecule has 0 aliphatic heterocycles. The fourth-order valence-corrected chi connectivity index (χ4v) is 1.93. The maximum absolute atomic E-state index is 10.7. The van der Waals surface area contributed by atoms with Gasteiger partial charge in [0.2, 0.25) is 0 Å². The third-order valence-corrected chi connectivity index (χ3v) is 3.33. The summed E-state index contributed by atoms with van der Waals surface area (Å²) < 4.78 is 0. The minimum absolute atomic E-state index is 0.0243. The summed E-state index contributed by atoms with van der Waals surface area (Å²) in [6.07, 6.45) is 0.311. The molecule has 18 heavy (non-hydrogen) atoms. The lowest BCUT2D eigenvalue weighted by Gasteiger charge is -2.22. The molecule has 1 aromatic rings. The van der Waals surface area contributed by atoms with E-state index >= 15 is 0 Å². The van der Waals surface area contributed by atoms with Gasteiger partial charge in [-0.2, -0.15) is 0 Å². The van der Waals surface area contributed by atoms with Crippen molar-refractivity contribution in [1.29, 1.82) is 0 Å². The third-order valence-electron chi connectivity index (χ3n) is 3.33. The van der Waals surface area contributed by atoms with Gasteiger partial charge < -0.3 is 21.1 Å². The second kappa shape index (κ2) is 5.73. The van der Waals surface area contributed by atoms with E-state index in [-0.39, 0.29) is 23.3 Å². The lowest BCUT2D eigenvalue weighted by Crippen LogP contribution is -2.32. The molecule has 3 atom stereocenters. The van der Waals surface area contributed by atoms with Gasteiger partial charge in [0, 0.05) is 5.56 Å². The molecule has 0 saturated heterocycles. The van der Waals surface area contributed by atoms with Gasteiger partial charge in [-0.25, -0.2) is 0 Å². The molecule has 3 unspecified atom stereocenters. The summed E-state index contributed by atoms with van der Waals surface area (Å²) in [5.41, 5.74) is 6.09. The molecular weight excluding hydrogens is 234 g/mol. The van der Waals surface area contributed by atoms with Gasteiger partial charge in [-0.15, -0.1) is 0 Å². The van der Waals surface area contributed by atoms with E-state index < -0.39 is 12.0 Å². The first-order valence-electron chi connectivity index (χ1n) is 5.83. The van der Waals surface area contributed by atoms with Crippen LogP contribution in [0.2, 0.25) is 0 Å². The molecule has 0 fully saturated rings. The van der Waals surface area contributed by atoms with E-state index in [0.29, 0.717) is 12.0 Å². The van der Waals surface area contributed by atoms with Crippen LogP contribution >= 0.6 is 0 Å². The first-order valence-corrected chi connectivity index (χ1v) is 5.83. The molecule has 5 heteroatoms. The zero-order valence-electron chi connectivity index (χ0n) is 10.5. The number of carboxylic acids is 1. The van der Waals surface area contributed by atoms with E-state index in [0.717, 1.165) is 0 Å². The molecule has 1 aromatic carbocycles. The first-order chi connectivity index (χ1) is 8.34. The van der Waals surface area contributed by atoms with E-state index in [9.17, 15) is 15.0 Å². The normalized spacial score (nSPS) is 15.9. The van der Waals surface area contributed by atoms with Gasteiger partial charge in [-0.05, 0) is 24.3 Å². The Morgan fingerprint density at radius 3 is 2.50 bits per heavy atom. The minimum atomic E-state index is -1.03. The summed E-state index contributed by atoms with van der Waals surface area (Å²) in [6, 6.07) is 3.84. The van der Waals surface area contributed by atoms with Crippen LogP contribution < -0.4 is 5.73 Å². The summed E-state index contributed by atoms with van der Waals surface area (Å²) in [5.74, 6) is -1.48. The van der Waals surface area contributed by atoms with Crippen LogP contribution in [-0.2, 0) is 4.79 Å². The van der Waals surface area contributed by atoms with Crippen LogP contribution in [0.4, 0.5) is 0 Å². The summed E-state index contributed by atoms with van der Waals surface area (Å²) in [4.78, 5) is 10.7. The topological polar surface area (TPSA) is 104 Å². The Kier molecular flexibility index (Phi) is 4.55. The molecular formula is C13H19NO4. The SMILES string of the molecule is CC(CC(N)C(=O)O)C(C)c1cccc(O)c1O. The number of para-hydroxylation sites is 1. The van der Waals surface area contributed by atoms with Crippen LogP contribution in [-0.4, -0.2) is 27.3 Å². The maximum atomic E-state index is 10.7. The number of hydrogen-bond donors (Lipinski definition) is 4. The number of benzene rings is 1. The smallest absolute Gasteiger partial charge is 0.320 e. The average molecular weight is 253 g/mol. The second-order valence-corrected chi connectivity index (χ2v) is 4.66. The Bertz CT molecular complexity index is 433. The van der Waals surface area contributed by atoms with Crippen LogP contribution in [0.25, 0.3) is 0 Å². The molecule has 0 aliphatic carbocycles. The molecule has 0 heterocycles. The van der Waals surface area contributed by atoms with Crippen molar-refractivity contribution in [2.75, 3.05) is 0 Å². The minimum Gasteiger partial charge on any atom is -0.504 e. The van der Waals surface area contributed by atoms with Crippen LogP contribution in [0, 0.1) is 5.92 Å². The summed E-state index contributed by atoms with van der Waals surface area (Å²) in [5, 5.41) is 28.0. The Morgan fingerprint density at radius 2 is 1.94 bits per heavy atom. The Balaban J connectivity index is 2.83. The van der Waals surface area contributed by atoms with E-state index in [4.69, 9.17) is 10.8 Å². The second-order valence-electron chi connectivity index (χ2n) is 4.66. The molecule has 0 spiro atoms. The zero-order valence-corrected chi connectivity index (χ0v) is 10.5. The molecule has 0 saturated carbocycles. The van der Waals surface area contributed by atoms with E-state index in [1.54, 1.807) is 12.1 Å². The van der Waals surface area contributed by atoms with E-state index in [1.807, 2.05) is 13.8 Å². The predicted molar refractivity (Wildman–Crippen MR) is 67.6 cm³/mol. The molecule has 100 valence electrons. The fraction of sp³-hybridized carbons (Fsp3) is 0.462. The number of hydrogen-bond acceptors (Lipinski definition) is 4. The highest BCUT2D eigenvalue weighted by Crippen LogP contribution is 2.37. The number of carboxylic acid groups (broad SMARTS) is 1. The summed E-state index contributed by atoms with van der Waals surface area (Å²) in [7, 11) is 0. The van der Waals surface area contributed by atoms with Crippen molar-refractivity contribution in [3.05, 3.63) is 23.8 Å². The molecule has 0 aliphatic rings. The Morgan fingerprint density at radius 1 is 1.33 bits per heavy atom. The summed E-state index contributed by atoms with van der Waals surface area (Å²) >= 11 is 0. The Hall–Kier alpha value is -1.75. The van der Waals surface area contributed by atoms with Gasteiger partial charge in [0.1, 0.15) is 6.04 Å². The number of rotatable bonds is 5. The van der Waals surface area contributed by atoms with Gasteiger partial charge in [-0.1, -0.05) is 26.0 Å². The van der Waals surface area contributed by atoms with Gasteiger partial charge >= 0.3 is 5.97 Å². The van der Waals surface area contributed by atoms with E-state index in [2.05, 4.69) is 0 Å². The van der Waals surface area contributed by atoms with Crippen molar-refractivity contribution in [3.8, 4) is 11.5 Å². The Labute approximate surface area is 106 Å². The molecule has 5 N–H and O–H groups in total. The van der Waals surface area contributed by atoms with Crippen LogP contribution in [0.5, 0.6) is 11.5 Å². The van der Waals surface area contributed by atoms with Crippen LogP contribution in [0.3, 0.4) is 0 Å². The number of carbonyl (C=O) groups is 1. The van der Waals surface area contributed by atoms with Crippen molar-refractivity contribution in [3.63, 3.8) is 0 Å². The maximum Gasteiger partial charge on any atom is 0.320 e. The van der Waals surface area contributed by atoms with Crippen LogP contribution in [0.15, 0.2) is 18.2 Å². The molecule has 1 rings (SSSR count). The van der Waals surface area contributed by atoms with Gasteiger partial charge in [0.25, 0.3) is 0 Å². The van der Waals surface area contributed by atoms with Crippen LogP contribution in [0.1, 0.15) is 31.7 Å². The molecule has 0 bridgehead atoms. The van der Waals surface area contributed by atoms with Crippen molar-refractivity contribution < 1.29 is 20.1 Å². The number of nitrogens with two attached hydrogens (primary N) is 1. The molecule has 0 aromatic heterocycles. The highest BCUT2D eigenvalue weighted by molar-refractivity contribution is 5.73. The summed E-state index contributed by atoms with van der Waals surface area (Å²) in [6.45, 7) is 3.74. The predicted octanol–water partition coefficient (Wildman–Crippen LogP) is 1.64. The molecule has 0 amide bonds. The first kappa shape index (κ1) is 14.3. The van der Waals surface area contributed by atoms with Gasteiger partial charge in [0.05, 0.1) is 0 Å². The standard InChI is InChI=1S/C13H19NO4/c1-7(6-10(14)13(17)18)8(2)9-4-3-5-11(15)12(9)16/h3-5,7-8,10,15-16H,6,14H2,1-2H3,(H,17,18). The highest BCUT2D eigenvalue weighted by atomic mass is 16.4. The average Bonchev–Trinajstić information content (AvgIpc) is 2.31. The number of phenols is 2. The lowest BCUT2D eigenvalue weighted by atomic mass is 9.84. The molecule has 5 nitrogen and oxygen atoms in total.